The van der Waals surface area contributed by atoms with Crippen molar-refractivity contribution in [1.82, 2.24) is 0 Å². The summed E-state index contributed by atoms with van der Waals surface area (Å²) < 4.78 is 0. The molecule has 1 saturated carbocycles. The highest BCUT2D eigenvalue weighted by Gasteiger charge is 2.41. The maximum absolute atomic E-state index is 11.9. The molecule has 2 unspecified atom stereocenters. The average Bonchev–Trinajstić information content (AvgIpc) is 2.68. The molecule has 1 heterocycles. The first-order valence-corrected chi connectivity index (χ1v) is 6.69. The maximum Gasteiger partial charge on any atom is 0.155 e. The molecule has 90 valence electrons. The average molecular weight is 291 g/mol. The van der Waals surface area contributed by atoms with E-state index >= 15 is 0 Å². The van der Waals surface area contributed by atoms with Gasteiger partial charge in [-0.3, -0.25) is 4.79 Å². The van der Waals surface area contributed by atoms with Crippen molar-refractivity contribution in [3.63, 3.8) is 0 Å². The Kier molecular flexibility index (Phi) is 2.77. The van der Waals surface area contributed by atoms with Crippen LogP contribution in [0.5, 0.6) is 0 Å². The number of hydrogen-bond acceptors (Lipinski definition) is 2. The van der Waals surface area contributed by atoms with Gasteiger partial charge in [-0.25, -0.2) is 0 Å². The van der Waals surface area contributed by atoms with Crippen LogP contribution in [0.1, 0.15) is 30.7 Å². The number of anilines is 1. The second-order valence-electron chi connectivity index (χ2n) is 4.53. The highest BCUT2D eigenvalue weighted by atomic mass is 35.5. The highest BCUT2D eigenvalue weighted by molar-refractivity contribution is 6.45. The number of halogens is 3. The first kappa shape index (κ1) is 11.6. The summed E-state index contributed by atoms with van der Waals surface area (Å²) >= 11 is 18.4. The number of carbonyl (C=O) groups excluding carboxylic acids is 1. The Morgan fingerprint density at radius 1 is 1.24 bits per heavy atom. The first-order valence-electron chi connectivity index (χ1n) is 5.56. The summed E-state index contributed by atoms with van der Waals surface area (Å²) in [6.45, 7) is 0. The Bertz CT molecular complexity index is 515. The van der Waals surface area contributed by atoms with Crippen molar-refractivity contribution < 1.29 is 4.79 Å². The Hall–Kier alpha value is -0.440. The molecule has 2 nitrogen and oxygen atoms in total. The molecule has 0 radical (unpaired) electrons. The fourth-order valence-electron chi connectivity index (χ4n) is 2.80. The number of benzene rings is 1. The van der Waals surface area contributed by atoms with Crippen LogP contribution in [0.4, 0.5) is 5.69 Å². The second kappa shape index (κ2) is 4.04. The fraction of sp³-hybridized carbons (Fsp3) is 0.417. The molecular weight excluding hydrogens is 280 g/mol. The number of rotatable bonds is 0. The van der Waals surface area contributed by atoms with E-state index in [9.17, 15) is 4.79 Å². The zero-order valence-electron chi connectivity index (χ0n) is 8.90. The molecule has 1 aliphatic heterocycles. The highest BCUT2D eigenvalue weighted by Crippen LogP contribution is 2.50. The van der Waals surface area contributed by atoms with Crippen LogP contribution in [-0.2, 0) is 4.79 Å². The van der Waals surface area contributed by atoms with E-state index in [-0.39, 0.29) is 17.7 Å². The summed E-state index contributed by atoms with van der Waals surface area (Å²) in [7, 11) is 0. The van der Waals surface area contributed by atoms with Crippen molar-refractivity contribution in [2.75, 3.05) is 5.32 Å². The van der Waals surface area contributed by atoms with Crippen molar-refractivity contribution in [3.8, 4) is 0 Å². The van der Waals surface area contributed by atoms with Crippen LogP contribution in [0.25, 0.3) is 0 Å². The van der Waals surface area contributed by atoms with E-state index in [1.807, 2.05) is 0 Å². The molecular formula is C12H10Cl3NO. The lowest BCUT2D eigenvalue weighted by molar-refractivity contribution is -0.121. The molecule has 2 aliphatic rings. The minimum Gasteiger partial charge on any atom is -0.373 e. The molecule has 17 heavy (non-hydrogen) atoms. The van der Waals surface area contributed by atoms with Gasteiger partial charge in [0, 0.05) is 17.9 Å². The van der Waals surface area contributed by atoms with E-state index in [1.54, 1.807) is 6.07 Å². The minimum atomic E-state index is -0.174. The summed E-state index contributed by atoms with van der Waals surface area (Å²) in [4.78, 5) is 11.9. The van der Waals surface area contributed by atoms with E-state index in [0.29, 0.717) is 21.5 Å². The molecule has 2 atom stereocenters. The van der Waals surface area contributed by atoms with Crippen molar-refractivity contribution in [3.05, 3.63) is 26.7 Å². The van der Waals surface area contributed by atoms with E-state index in [1.165, 1.54) is 0 Å². The van der Waals surface area contributed by atoms with Crippen LogP contribution in [-0.4, -0.2) is 11.8 Å². The number of nitrogens with one attached hydrogen (secondary N) is 1. The van der Waals surface area contributed by atoms with E-state index in [2.05, 4.69) is 5.32 Å². The second-order valence-corrected chi connectivity index (χ2v) is 5.72. The molecule has 1 aromatic carbocycles. The molecule has 0 aromatic heterocycles. The van der Waals surface area contributed by atoms with Gasteiger partial charge in [-0.1, -0.05) is 34.8 Å². The third-order valence-electron chi connectivity index (χ3n) is 3.57. The Morgan fingerprint density at radius 3 is 2.76 bits per heavy atom. The molecule has 3 rings (SSSR count). The molecule has 0 saturated heterocycles. The third-order valence-corrected chi connectivity index (χ3v) is 4.67. The van der Waals surface area contributed by atoms with Crippen LogP contribution in [0, 0.1) is 0 Å². The number of ketones is 1. The van der Waals surface area contributed by atoms with Gasteiger partial charge in [-0.15, -0.1) is 0 Å². The molecule has 1 N–H and O–H groups in total. The molecule has 0 spiro atoms. The SMILES string of the molecule is O=C1CCCC2c3c(Cl)c(Cl)cc(Cl)c3NC12. The monoisotopic (exact) mass is 289 g/mol. The lowest BCUT2D eigenvalue weighted by Crippen LogP contribution is -2.33. The van der Waals surface area contributed by atoms with Crippen LogP contribution in [0.15, 0.2) is 6.07 Å². The Labute approximate surface area is 114 Å². The van der Waals surface area contributed by atoms with Gasteiger partial charge in [0.25, 0.3) is 0 Å². The van der Waals surface area contributed by atoms with E-state index in [4.69, 9.17) is 34.8 Å². The Morgan fingerprint density at radius 2 is 2.00 bits per heavy atom. The summed E-state index contributed by atoms with van der Waals surface area (Å²) in [6.07, 6.45) is 2.49. The van der Waals surface area contributed by atoms with Crippen molar-refractivity contribution in [2.45, 2.75) is 31.2 Å². The third kappa shape index (κ3) is 1.66. The number of Topliss-reactive ketones (excluding diaryl/α,β-unsaturated/α-hetero) is 1. The van der Waals surface area contributed by atoms with Gasteiger partial charge in [-0.2, -0.15) is 0 Å². The topological polar surface area (TPSA) is 29.1 Å². The van der Waals surface area contributed by atoms with Gasteiger partial charge >= 0.3 is 0 Å². The van der Waals surface area contributed by atoms with E-state index < -0.39 is 0 Å². The largest absolute Gasteiger partial charge is 0.373 e. The molecule has 1 fully saturated rings. The van der Waals surface area contributed by atoms with E-state index in [0.717, 1.165) is 24.1 Å². The summed E-state index contributed by atoms with van der Waals surface area (Å²) in [6, 6.07) is 1.45. The molecule has 0 bridgehead atoms. The fourth-order valence-corrected chi connectivity index (χ4v) is 3.62. The Balaban J connectivity index is 2.17. The van der Waals surface area contributed by atoms with Crippen LogP contribution in [0.2, 0.25) is 15.1 Å². The standard InChI is InChI=1S/C12H10Cl3NO/c13-6-4-7(14)12-9(10(6)15)5-2-1-3-8(17)11(5)16-12/h4-5,11,16H,1-3H2. The number of fused-ring (bicyclic) bond motifs is 3. The summed E-state index contributed by atoms with van der Waals surface area (Å²) in [5.74, 6) is 0.357. The lowest BCUT2D eigenvalue weighted by Gasteiger charge is -2.24. The molecule has 1 aromatic rings. The number of hydrogen-bond donors (Lipinski definition) is 1. The van der Waals surface area contributed by atoms with Crippen LogP contribution < -0.4 is 5.32 Å². The molecule has 5 heteroatoms. The zero-order valence-corrected chi connectivity index (χ0v) is 11.2. The zero-order chi connectivity index (χ0) is 12.2. The van der Waals surface area contributed by atoms with Gasteiger partial charge in [0.05, 0.1) is 26.8 Å². The smallest absolute Gasteiger partial charge is 0.155 e. The van der Waals surface area contributed by atoms with Gasteiger partial charge in [-0.05, 0) is 18.9 Å². The van der Waals surface area contributed by atoms with Crippen molar-refractivity contribution in [1.29, 1.82) is 0 Å². The summed E-state index contributed by atoms with van der Waals surface area (Å²) in [5.41, 5.74) is 1.70. The predicted molar refractivity (Wildman–Crippen MR) is 70.5 cm³/mol. The quantitative estimate of drug-likeness (QED) is 0.723. The predicted octanol–water partition coefficient (Wildman–Crippen LogP) is 4.28. The molecule has 1 aliphatic carbocycles. The van der Waals surface area contributed by atoms with Gasteiger partial charge in [0.15, 0.2) is 5.78 Å². The van der Waals surface area contributed by atoms with Crippen LogP contribution in [0.3, 0.4) is 0 Å². The first-order chi connectivity index (χ1) is 8.09. The van der Waals surface area contributed by atoms with Crippen molar-refractivity contribution in [2.24, 2.45) is 0 Å². The van der Waals surface area contributed by atoms with Gasteiger partial charge < -0.3 is 5.32 Å². The molecule has 0 amide bonds. The van der Waals surface area contributed by atoms with Gasteiger partial charge in [0.2, 0.25) is 0 Å². The minimum absolute atomic E-state index is 0.120. The lowest BCUT2D eigenvalue weighted by atomic mass is 9.82. The summed E-state index contributed by atoms with van der Waals surface area (Å²) in [5, 5.41) is 4.72. The normalized spacial score (nSPS) is 26.4. The maximum atomic E-state index is 11.9. The van der Waals surface area contributed by atoms with Crippen molar-refractivity contribution >= 4 is 46.3 Å². The van der Waals surface area contributed by atoms with Crippen LogP contribution >= 0.6 is 34.8 Å². The van der Waals surface area contributed by atoms with Gasteiger partial charge in [0.1, 0.15) is 0 Å². The number of carbonyl (C=O) groups is 1.